The van der Waals surface area contributed by atoms with Crippen LogP contribution < -0.4 is 9.64 Å². The van der Waals surface area contributed by atoms with Gasteiger partial charge in [0.1, 0.15) is 22.8 Å². The number of carboxylic acids is 1. The molecule has 4 aromatic rings. The van der Waals surface area contributed by atoms with Crippen LogP contribution >= 0.6 is 0 Å². The van der Waals surface area contributed by atoms with Crippen molar-refractivity contribution in [1.29, 1.82) is 0 Å². The third-order valence-corrected chi connectivity index (χ3v) is 4.91. The Kier molecular flexibility index (Phi) is 4.31. The van der Waals surface area contributed by atoms with Gasteiger partial charge >= 0.3 is 5.97 Å². The van der Waals surface area contributed by atoms with Crippen LogP contribution in [0.4, 0.5) is 15.8 Å². The maximum absolute atomic E-state index is 13.9. The Bertz CT molecular complexity index is 1240. The lowest BCUT2D eigenvalue weighted by atomic mass is 10.1. The fourth-order valence-electron chi connectivity index (χ4n) is 3.53. The first-order chi connectivity index (χ1) is 14.6. The minimum Gasteiger partial charge on any atom is -0.491 e. The van der Waals surface area contributed by atoms with Crippen molar-refractivity contribution in [2.24, 2.45) is 0 Å². The molecule has 7 nitrogen and oxygen atoms in total. The highest BCUT2D eigenvalue weighted by Gasteiger charge is 2.24. The van der Waals surface area contributed by atoms with Crippen molar-refractivity contribution in [3.63, 3.8) is 0 Å². The van der Waals surface area contributed by atoms with Crippen molar-refractivity contribution in [2.75, 3.05) is 18.1 Å². The molecule has 0 bridgehead atoms. The first-order valence-corrected chi connectivity index (χ1v) is 9.39. The number of anilines is 2. The third-order valence-electron chi connectivity index (χ3n) is 4.91. The molecule has 0 atom stereocenters. The predicted octanol–water partition coefficient (Wildman–Crippen LogP) is 4.65. The van der Waals surface area contributed by atoms with Gasteiger partial charge in [-0.2, -0.15) is 0 Å². The monoisotopic (exact) mass is 405 g/mol. The van der Waals surface area contributed by atoms with E-state index < -0.39 is 11.8 Å². The average Bonchev–Trinajstić information content (AvgIpc) is 3.07. The second-order valence-electron chi connectivity index (χ2n) is 6.85. The molecule has 2 aromatic heterocycles. The molecule has 1 N–H and O–H groups in total. The molecular formula is C22H16FN3O4. The van der Waals surface area contributed by atoms with Crippen LogP contribution in [0.5, 0.6) is 5.75 Å². The number of para-hydroxylation sites is 2. The minimum atomic E-state index is -1.16. The Morgan fingerprint density at radius 2 is 2.03 bits per heavy atom. The lowest BCUT2D eigenvalue weighted by Crippen LogP contribution is -2.19. The fourth-order valence-corrected chi connectivity index (χ4v) is 3.53. The lowest BCUT2D eigenvalue weighted by molar-refractivity contribution is 0.0697. The minimum absolute atomic E-state index is 0.0535. The summed E-state index contributed by atoms with van der Waals surface area (Å²) in [6.45, 7) is 1.01. The summed E-state index contributed by atoms with van der Waals surface area (Å²) in [4.78, 5) is 22.5. The molecule has 0 amide bonds. The number of benzene rings is 2. The normalized spacial score (nSPS) is 13.6. The van der Waals surface area contributed by atoms with E-state index >= 15 is 0 Å². The molecule has 0 aliphatic carbocycles. The molecule has 30 heavy (non-hydrogen) atoms. The van der Waals surface area contributed by atoms with E-state index in [0.29, 0.717) is 47.8 Å². The van der Waals surface area contributed by atoms with Crippen LogP contribution in [0.2, 0.25) is 0 Å². The fraction of sp³-hybridized carbons (Fsp3) is 0.136. The van der Waals surface area contributed by atoms with E-state index in [2.05, 4.69) is 9.97 Å². The van der Waals surface area contributed by atoms with Crippen LogP contribution in [-0.2, 0) is 0 Å². The molecule has 150 valence electrons. The van der Waals surface area contributed by atoms with Crippen molar-refractivity contribution < 1.29 is 23.4 Å². The summed E-state index contributed by atoms with van der Waals surface area (Å²) in [6, 6.07) is 12.9. The molecule has 1 aliphatic heterocycles. The lowest BCUT2D eigenvalue weighted by Gasteiger charge is -2.24. The number of nitrogens with zero attached hydrogens (tertiary/aromatic N) is 3. The maximum atomic E-state index is 13.9. The van der Waals surface area contributed by atoms with Gasteiger partial charge in [-0.05, 0) is 36.8 Å². The summed E-state index contributed by atoms with van der Waals surface area (Å²) in [6.07, 6.45) is 2.22. The number of hydrogen-bond donors (Lipinski definition) is 1. The molecule has 0 unspecified atom stereocenters. The topological polar surface area (TPSA) is 88.7 Å². The van der Waals surface area contributed by atoms with E-state index in [4.69, 9.17) is 9.15 Å². The first kappa shape index (κ1) is 18.1. The zero-order valence-corrected chi connectivity index (χ0v) is 15.7. The highest BCUT2D eigenvalue weighted by atomic mass is 19.1. The smallest absolute Gasteiger partial charge is 0.338 e. The number of hydrogen-bond acceptors (Lipinski definition) is 6. The highest BCUT2D eigenvalue weighted by molar-refractivity contribution is 5.95. The van der Waals surface area contributed by atoms with Crippen LogP contribution in [0.25, 0.3) is 22.7 Å². The second-order valence-corrected chi connectivity index (χ2v) is 6.85. The Labute approximate surface area is 170 Å². The van der Waals surface area contributed by atoms with E-state index in [9.17, 15) is 14.3 Å². The molecule has 0 saturated heterocycles. The van der Waals surface area contributed by atoms with Gasteiger partial charge in [0.15, 0.2) is 5.58 Å². The van der Waals surface area contributed by atoms with Gasteiger partial charge in [-0.25, -0.2) is 19.2 Å². The Morgan fingerprint density at radius 1 is 1.17 bits per heavy atom. The van der Waals surface area contributed by atoms with E-state index in [1.54, 1.807) is 23.1 Å². The van der Waals surface area contributed by atoms with Crippen LogP contribution in [0.1, 0.15) is 16.8 Å². The molecule has 0 radical (unpaired) electrons. The Hall–Kier alpha value is -3.94. The standard InChI is InChI=1S/C22H16FN3O4/c23-13-6-7-19-17(10-13)26(8-3-9-29-19)14-11-15(22(27)28)20(24-12-14)21-25-16-4-1-2-5-18(16)30-21/h1-2,4-7,10-12H,3,8-9H2,(H,27,28). The number of halogens is 1. The van der Waals surface area contributed by atoms with Crippen LogP contribution in [0.3, 0.4) is 0 Å². The van der Waals surface area contributed by atoms with Crippen molar-refractivity contribution in [3.8, 4) is 17.3 Å². The van der Waals surface area contributed by atoms with Crippen molar-refractivity contribution >= 4 is 28.4 Å². The zero-order chi connectivity index (χ0) is 20.7. The number of ether oxygens (including phenoxy) is 1. The number of oxazole rings is 1. The largest absolute Gasteiger partial charge is 0.491 e. The highest BCUT2D eigenvalue weighted by Crippen LogP contribution is 2.37. The van der Waals surface area contributed by atoms with E-state index in [-0.39, 0.29) is 17.1 Å². The van der Waals surface area contributed by atoms with Gasteiger partial charge in [0.05, 0.1) is 29.7 Å². The summed E-state index contributed by atoms with van der Waals surface area (Å²) in [5.41, 5.74) is 2.28. The van der Waals surface area contributed by atoms with E-state index in [1.807, 2.05) is 12.1 Å². The van der Waals surface area contributed by atoms with Gasteiger partial charge in [0.2, 0.25) is 5.89 Å². The van der Waals surface area contributed by atoms with E-state index in [0.717, 1.165) is 0 Å². The summed E-state index contributed by atoms with van der Waals surface area (Å²) in [5, 5.41) is 9.81. The predicted molar refractivity (Wildman–Crippen MR) is 108 cm³/mol. The SMILES string of the molecule is O=C(O)c1cc(N2CCCOc3ccc(F)cc32)cnc1-c1nc2ccccc2o1. The molecule has 5 rings (SSSR count). The first-order valence-electron chi connectivity index (χ1n) is 9.39. The summed E-state index contributed by atoms with van der Waals surface area (Å²) < 4.78 is 25.3. The van der Waals surface area contributed by atoms with Crippen molar-refractivity contribution in [3.05, 3.63) is 66.1 Å². The zero-order valence-electron chi connectivity index (χ0n) is 15.7. The average molecular weight is 405 g/mol. The molecule has 0 saturated carbocycles. The molecule has 0 spiro atoms. The molecular weight excluding hydrogens is 389 g/mol. The van der Waals surface area contributed by atoms with E-state index in [1.165, 1.54) is 24.4 Å². The number of pyridine rings is 1. The quantitative estimate of drug-likeness (QED) is 0.531. The molecule has 1 aliphatic rings. The number of fused-ring (bicyclic) bond motifs is 2. The summed E-state index contributed by atoms with van der Waals surface area (Å²) in [7, 11) is 0. The van der Waals surface area contributed by atoms with Gasteiger partial charge in [-0.3, -0.25) is 0 Å². The van der Waals surface area contributed by atoms with Crippen LogP contribution in [-0.4, -0.2) is 34.2 Å². The summed E-state index contributed by atoms with van der Waals surface area (Å²) >= 11 is 0. The molecule has 3 heterocycles. The Morgan fingerprint density at radius 3 is 2.87 bits per heavy atom. The third kappa shape index (κ3) is 3.12. The van der Waals surface area contributed by atoms with Gasteiger partial charge in [-0.15, -0.1) is 0 Å². The molecule has 2 aromatic carbocycles. The van der Waals surface area contributed by atoms with Crippen LogP contribution in [0.15, 0.2) is 59.1 Å². The number of carboxylic acid groups (broad SMARTS) is 1. The Balaban J connectivity index is 1.62. The number of rotatable bonds is 3. The van der Waals surface area contributed by atoms with Gasteiger partial charge in [0.25, 0.3) is 0 Å². The number of aromatic carboxylic acids is 1. The molecule has 0 fully saturated rings. The van der Waals surface area contributed by atoms with Gasteiger partial charge in [-0.1, -0.05) is 12.1 Å². The van der Waals surface area contributed by atoms with Gasteiger partial charge < -0.3 is 19.2 Å². The van der Waals surface area contributed by atoms with Crippen LogP contribution in [0, 0.1) is 5.82 Å². The number of carbonyl (C=O) groups is 1. The van der Waals surface area contributed by atoms with Crippen molar-refractivity contribution in [2.45, 2.75) is 6.42 Å². The second kappa shape index (κ2) is 7.14. The summed E-state index contributed by atoms with van der Waals surface area (Å²) in [5.74, 6) is -0.898. The van der Waals surface area contributed by atoms with Crippen molar-refractivity contribution in [1.82, 2.24) is 9.97 Å². The molecule has 8 heteroatoms. The number of aromatic nitrogens is 2. The maximum Gasteiger partial charge on any atom is 0.338 e. The van der Waals surface area contributed by atoms with Gasteiger partial charge in [0, 0.05) is 12.6 Å².